The van der Waals surface area contributed by atoms with Crippen LogP contribution in [0.3, 0.4) is 0 Å². The Morgan fingerprint density at radius 3 is 3.00 bits per heavy atom. The van der Waals surface area contributed by atoms with Gasteiger partial charge in [0.1, 0.15) is 5.82 Å². The molecule has 0 radical (unpaired) electrons. The summed E-state index contributed by atoms with van der Waals surface area (Å²) in [5, 5.41) is 5.79. The second-order valence-electron chi connectivity index (χ2n) is 3.73. The number of halogens is 1. The van der Waals surface area contributed by atoms with Gasteiger partial charge in [-0.2, -0.15) is 4.98 Å². The van der Waals surface area contributed by atoms with Crippen LogP contribution in [0.25, 0.3) is 0 Å². The summed E-state index contributed by atoms with van der Waals surface area (Å²) in [6.07, 6.45) is 3.71. The minimum atomic E-state index is -0.0414. The summed E-state index contributed by atoms with van der Waals surface area (Å²) in [6, 6.07) is 0.361. The molecule has 0 atom stereocenters. The number of hydrazine groups is 1. The van der Waals surface area contributed by atoms with Crippen molar-refractivity contribution in [3.8, 4) is 0 Å². The first-order valence-electron chi connectivity index (χ1n) is 5.21. The van der Waals surface area contributed by atoms with Gasteiger partial charge in [0.05, 0.1) is 11.0 Å². The van der Waals surface area contributed by atoms with Gasteiger partial charge in [-0.1, -0.05) is 0 Å². The minimum Gasteiger partial charge on any atom is -0.360 e. The number of amides is 1. The molecule has 2 rings (SSSR count). The van der Waals surface area contributed by atoms with E-state index in [-0.39, 0.29) is 12.5 Å². The highest BCUT2D eigenvalue weighted by Gasteiger charge is 2.22. The van der Waals surface area contributed by atoms with Gasteiger partial charge in [0.25, 0.3) is 0 Å². The molecule has 1 amide bonds. The monoisotopic (exact) mass is 300 g/mol. The Morgan fingerprint density at radius 1 is 1.59 bits per heavy atom. The zero-order valence-corrected chi connectivity index (χ0v) is 10.6. The second-order valence-corrected chi connectivity index (χ2v) is 4.58. The Kier molecular flexibility index (Phi) is 3.75. The molecule has 1 aliphatic carbocycles. The van der Waals surface area contributed by atoms with Crippen LogP contribution in [-0.4, -0.2) is 28.5 Å². The lowest BCUT2D eigenvalue weighted by molar-refractivity contribution is -0.119. The molecule has 1 aliphatic rings. The molecule has 0 bridgehead atoms. The van der Waals surface area contributed by atoms with Crippen molar-refractivity contribution in [2.45, 2.75) is 18.9 Å². The second kappa shape index (κ2) is 5.28. The lowest BCUT2D eigenvalue weighted by Gasteiger charge is -2.08. The van der Waals surface area contributed by atoms with E-state index in [2.05, 4.69) is 42.0 Å². The Labute approximate surface area is 107 Å². The fraction of sp³-hybridized carbons (Fsp3) is 0.444. The predicted octanol–water partition coefficient (Wildman–Crippen LogP) is 0.215. The largest absolute Gasteiger partial charge is 0.360 e. The zero-order chi connectivity index (χ0) is 12.3. The van der Waals surface area contributed by atoms with E-state index < -0.39 is 0 Å². The first-order chi connectivity index (χ1) is 8.19. The van der Waals surface area contributed by atoms with Gasteiger partial charge in [-0.15, -0.1) is 0 Å². The van der Waals surface area contributed by atoms with E-state index >= 15 is 0 Å². The van der Waals surface area contributed by atoms with E-state index in [9.17, 15) is 4.79 Å². The molecular formula is C9H13BrN6O. The highest BCUT2D eigenvalue weighted by Crippen LogP contribution is 2.20. The van der Waals surface area contributed by atoms with Crippen molar-refractivity contribution in [3.63, 3.8) is 0 Å². The third-order valence-electron chi connectivity index (χ3n) is 2.23. The Morgan fingerprint density at radius 2 is 2.35 bits per heavy atom. The number of hydrogen-bond acceptors (Lipinski definition) is 6. The maximum Gasteiger partial charge on any atom is 0.239 e. The molecule has 0 aromatic carbocycles. The normalized spacial score (nSPS) is 14.2. The van der Waals surface area contributed by atoms with Crippen molar-refractivity contribution < 1.29 is 4.79 Å². The lowest BCUT2D eigenvalue weighted by Crippen LogP contribution is -2.31. The standard InChI is InChI=1S/C9H13BrN6O/c10-6-3-13-9(16-11)15-8(6)12-4-7(17)14-5-1-2-5/h3,5H,1-2,4,11H2,(H,14,17)(H2,12,13,15,16). The van der Waals surface area contributed by atoms with Crippen molar-refractivity contribution in [2.24, 2.45) is 5.84 Å². The van der Waals surface area contributed by atoms with Gasteiger partial charge in [0.2, 0.25) is 11.9 Å². The van der Waals surface area contributed by atoms with Gasteiger partial charge in [-0.3, -0.25) is 10.2 Å². The van der Waals surface area contributed by atoms with Crippen LogP contribution >= 0.6 is 15.9 Å². The Balaban J connectivity index is 1.90. The zero-order valence-electron chi connectivity index (χ0n) is 9.03. The number of aromatic nitrogens is 2. The molecule has 0 spiro atoms. The molecule has 1 saturated carbocycles. The molecule has 5 N–H and O–H groups in total. The molecule has 17 heavy (non-hydrogen) atoms. The van der Waals surface area contributed by atoms with Gasteiger partial charge >= 0.3 is 0 Å². The van der Waals surface area contributed by atoms with Gasteiger partial charge in [0, 0.05) is 12.2 Å². The van der Waals surface area contributed by atoms with Gasteiger partial charge in [-0.05, 0) is 28.8 Å². The van der Waals surface area contributed by atoms with Crippen molar-refractivity contribution in [2.75, 3.05) is 17.3 Å². The summed E-state index contributed by atoms with van der Waals surface area (Å²) >= 11 is 3.29. The molecule has 1 fully saturated rings. The van der Waals surface area contributed by atoms with Gasteiger partial charge in [0.15, 0.2) is 0 Å². The summed E-state index contributed by atoms with van der Waals surface area (Å²) in [6.45, 7) is 0.177. The van der Waals surface area contributed by atoms with E-state index in [1.165, 1.54) is 0 Å². The number of nitrogens with zero attached hydrogens (tertiary/aromatic N) is 2. The third-order valence-corrected chi connectivity index (χ3v) is 2.81. The molecule has 92 valence electrons. The molecule has 0 saturated heterocycles. The molecule has 1 aromatic heterocycles. The van der Waals surface area contributed by atoms with Crippen LogP contribution in [0.15, 0.2) is 10.7 Å². The average molecular weight is 301 g/mol. The van der Waals surface area contributed by atoms with E-state index in [4.69, 9.17) is 5.84 Å². The summed E-state index contributed by atoms with van der Waals surface area (Å²) < 4.78 is 0.677. The third kappa shape index (κ3) is 3.53. The topological polar surface area (TPSA) is 105 Å². The quantitative estimate of drug-likeness (QED) is 0.458. The number of hydrogen-bond donors (Lipinski definition) is 4. The van der Waals surface area contributed by atoms with Crippen LogP contribution in [0, 0.1) is 0 Å². The Bertz CT molecular complexity index is 422. The number of nitrogens with two attached hydrogens (primary N) is 1. The SMILES string of the molecule is NNc1ncc(Br)c(NCC(=O)NC2CC2)n1. The number of nitrogen functional groups attached to an aromatic ring is 1. The van der Waals surface area contributed by atoms with E-state index in [0.717, 1.165) is 12.8 Å². The highest BCUT2D eigenvalue weighted by molar-refractivity contribution is 9.10. The smallest absolute Gasteiger partial charge is 0.239 e. The van der Waals surface area contributed by atoms with Crippen LogP contribution in [0.1, 0.15) is 12.8 Å². The van der Waals surface area contributed by atoms with Gasteiger partial charge in [-0.25, -0.2) is 10.8 Å². The van der Waals surface area contributed by atoms with Gasteiger partial charge < -0.3 is 10.6 Å². The number of nitrogens with one attached hydrogen (secondary N) is 3. The first-order valence-corrected chi connectivity index (χ1v) is 6.00. The van der Waals surface area contributed by atoms with Crippen LogP contribution in [0.2, 0.25) is 0 Å². The molecule has 8 heteroatoms. The predicted molar refractivity (Wildman–Crippen MR) is 67.2 cm³/mol. The van der Waals surface area contributed by atoms with Crippen LogP contribution in [-0.2, 0) is 4.79 Å². The minimum absolute atomic E-state index is 0.0414. The van der Waals surface area contributed by atoms with Crippen LogP contribution in [0.5, 0.6) is 0 Å². The fourth-order valence-corrected chi connectivity index (χ4v) is 1.56. The van der Waals surface area contributed by atoms with Crippen molar-refractivity contribution in [1.29, 1.82) is 0 Å². The molecule has 0 aliphatic heterocycles. The number of carbonyl (C=O) groups excluding carboxylic acids is 1. The van der Waals surface area contributed by atoms with Crippen molar-refractivity contribution >= 4 is 33.6 Å². The van der Waals surface area contributed by atoms with Crippen molar-refractivity contribution in [1.82, 2.24) is 15.3 Å². The fourth-order valence-electron chi connectivity index (χ4n) is 1.23. The molecular weight excluding hydrogens is 288 g/mol. The van der Waals surface area contributed by atoms with E-state index in [1.54, 1.807) is 6.20 Å². The number of rotatable bonds is 5. The maximum absolute atomic E-state index is 11.5. The summed E-state index contributed by atoms with van der Waals surface area (Å²) in [5.41, 5.74) is 2.34. The summed E-state index contributed by atoms with van der Waals surface area (Å²) in [7, 11) is 0. The molecule has 7 nitrogen and oxygen atoms in total. The summed E-state index contributed by atoms with van der Waals surface area (Å²) in [5.74, 6) is 5.98. The molecule has 1 aromatic rings. The maximum atomic E-state index is 11.5. The molecule has 0 unspecified atom stereocenters. The summed E-state index contributed by atoms with van der Waals surface area (Å²) in [4.78, 5) is 19.4. The number of carbonyl (C=O) groups is 1. The Hall–Kier alpha value is -1.41. The lowest BCUT2D eigenvalue weighted by atomic mass is 10.5. The highest BCUT2D eigenvalue weighted by atomic mass is 79.9. The van der Waals surface area contributed by atoms with E-state index in [0.29, 0.717) is 22.3 Å². The average Bonchev–Trinajstić information content (AvgIpc) is 3.12. The first kappa shape index (κ1) is 12.1. The molecule has 1 heterocycles. The van der Waals surface area contributed by atoms with Crippen LogP contribution in [0.4, 0.5) is 11.8 Å². The van der Waals surface area contributed by atoms with E-state index in [1.807, 2.05) is 0 Å². The van der Waals surface area contributed by atoms with Crippen LogP contribution < -0.4 is 21.9 Å². The van der Waals surface area contributed by atoms with Crippen molar-refractivity contribution in [3.05, 3.63) is 10.7 Å². The number of anilines is 2.